The largest absolute Gasteiger partial charge is 0.484 e. The molecule has 27 heavy (non-hydrogen) atoms. The Kier molecular flexibility index (Phi) is 6.29. The summed E-state index contributed by atoms with van der Waals surface area (Å²) >= 11 is 5.99. The summed E-state index contributed by atoms with van der Waals surface area (Å²) in [5, 5.41) is 0.0911. The highest BCUT2D eigenvalue weighted by molar-refractivity contribution is 6.33. The zero-order valence-electron chi connectivity index (χ0n) is 14.7. The van der Waals surface area contributed by atoms with Crippen LogP contribution in [0, 0.1) is 5.82 Å². The molecule has 7 heteroatoms. The van der Waals surface area contributed by atoms with E-state index in [2.05, 4.69) is 0 Å². The molecule has 1 aliphatic rings. The van der Waals surface area contributed by atoms with Crippen molar-refractivity contribution in [2.24, 2.45) is 0 Å². The van der Waals surface area contributed by atoms with Crippen LogP contribution in [0.25, 0.3) is 0 Å². The van der Waals surface area contributed by atoms with E-state index in [1.54, 1.807) is 17.0 Å². The molecular formula is C20H20ClFN2O3. The molecule has 2 amide bonds. The van der Waals surface area contributed by atoms with Crippen molar-refractivity contribution in [3.63, 3.8) is 0 Å². The topological polar surface area (TPSA) is 49.9 Å². The van der Waals surface area contributed by atoms with Gasteiger partial charge in [-0.25, -0.2) is 4.39 Å². The second-order valence-electron chi connectivity index (χ2n) is 6.22. The van der Waals surface area contributed by atoms with E-state index < -0.39 is 11.7 Å². The second kappa shape index (κ2) is 8.86. The summed E-state index contributed by atoms with van der Waals surface area (Å²) in [6.07, 6.45) is 0.606. The number of benzene rings is 2. The van der Waals surface area contributed by atoms with Crippen LogP contribution in [0.1, 0.15) is 16.8 Å². The minimum absolute atomic E-state index is 0.0584. The van der Waals surface area contributed by atoms with E-state index in [1.165, 1.54) is 23.1 Å². The summed E-state index contributed by atoms with van der Waals surface area (Å²) in [5.41, 5.74) is -0.119. The van der Waals surface area contributed by atoms with Gasteiger partial charge < -0.3 is 14.5 Å². The van der Waals surface area contributed by atoms with Crippen molar-refractivity contribution in [1.29, 1.82) is 0 Å². The van der Waals surface area contributed by atoms with Crippen molar-refractivity contribution >= 4 is 23.4 Å². The summed E-state index contributed by atoms with van der Waals surface area (Å²) in [5.74, 6) is -0.599. The minimum atomic E-state index is -0.638. The second-order valence-corrected chi connectivity index (χ2v) is 6.63. The van der Waals surface area contributed by atoms with Crippen molar-refractivity contribution in [3.8, 4) is 5.75 Å². The Balaban J connectivity index is 1.58. The maximum absolute atomic E-state index is 14.0. The van der Waals surface area contributed by atoms with Crippen molar-refractivity contribution < 1.29 is 18.7 Å². The lowest BCUT2D eigenvalue weighted by atomic mass is 10.1. The van der Waals surface area contributed by atoms with E-state index >= 15 is 0 Å². The summed E-state index contributed by atoms with van der Waals surface area (Å²) in [6.45, 7) is 1.59. The number of carbonyl (C=O) groups is 2. The fourth-order valence-corrected chi connectivity index (χ4v) is 3.23. The molecule has 0 aliphatic carbocycles. The van der Waals surface area contributed by atoms with Gasteiger partial charge in [0.15, 0.2) is 6.61 Å². The van der Waals surface area contributed by atoms with E-state index in [4.69, 9.17) is 16.3 Å². The predicted octanol–water partition coefficient (Wildman–Crippen LogP) is 3.23. The van der Waals surface area contributed by atoms with E-state index in [0.29, 0.717) is 38.3 Å². The molecular weight excluding hydrogens is 371 g/mol. The highest BCUT2D eigenvalue weighted by atomic mass is 35.5. The van der Waals surface area contributed by atoms with Crippen LogP contribution in [-0.4, -0.2) is 54.4 Å². The Labute approximate surface area is 162 Å². The molecule has 142 valence electrons. The Morgan fingerprint density at radius 2 is 1.67 bits per heavy atom. The molecule has 1 saturated heterocycles. The third kappa shape index (κ3) is 4.77. The highest BCUT2D eigenvalue weighted by Crippen LogP contribution is 2.21. The van der Waals surface area contributed by atoms with Gasteiger partial charge in [-0.15, -0.1) is 0 Å². The summed E-state index contributed by atoms with van der Waals surface area (Å²) in [6, 6.07) is 13.3. The number of rotatable bonds is 4. The lowest BCUT2D eigenvalue weighted by Crippen LogP contribution is -2.39. The number of carbonyl (C=O) groups excluding carboxylic acids is 2. The maximum atomic E-state index is 14.0. The lowest BCUT2D eigenvalue weighted by Gasteiger charge is -2.22. The van der Waals surface area contributed by atoms with Crippen LogP contribution in [0.3, 0.4) is 0 Å². The first-order valence-electron chi connectivity index (χ1n) is 8.75. The Morgan fingerprint density at radius 3 is 2.41 bits per heavy atom. The molecule has 5 nitrogen and oxygen atoms in total. The molecule has 0 unspecified atom stereocenters. The van der Waals surface area contributed by atoms with Crippen LogP contribution in [0.2, 0.25) is 5.02 Å². The molecule has 0 spiro atoms. The fourth-order valence-electron chi connectivity index (χ4n) is 2.98. The average Bonchev–Trinajstić information content (AvgIpc) is 2.93. The molecule has 1 heterocycles. The van der Waals surface area contributed by atoms with Crippen molar-refractivity contribution in [2.45, 2.75) is 6.42 Å². The van der Waals surface area contributed by atoms with Crippen molar-refractivity contribution in [3.05, 3.63) is 64.9 Å². The van der Waals surface area contributed by atoms with Gasteiger partial charge in [0.1, 0.15) is 11.6 Å². The lowest BCUT2D eigenvalue weighted by molar-refractivity contribution is -0.133. The number of ether oxygens (including phenoxy) is 1. The molecule has 0 aromatic heterocycles. The van der Waals surface area contributed by atoms with Gasteiger partial charge in [0.2, 0.25) is 0 Å². The molecule has 2 aromatic rings. The van der Waals surface area contributed by atoms with Crippen LogP contribution >= 0.6 is 11.6 Å². The summed E-state index contributed by atoms with van der Waals surface area (Å²) < 4.78 is 19.5. The van der Waals surface area contributed by atoms with Gasteiger partial charge in [-0.1, -0.05) is 35.9 Å². The smallest absolute Gasteiger partial charge is 0.260 e. The van der Waals surface area contributed by atoms with Gasteiger partial charge in [-0.2, -0.15) is 0 Å². The summed E-state index contributed by atoms with van der Waals surface area (Å²) in [4.78, 5) is 28.3. The Hall–Kier alpha value is -2.60. The van der Waals surface area contributed by atoms with Crippen LogP contribution in [-0.2, 0) is 4.79 Å². The van der Waals surface area contributed by atoms with Crippen LogP contribution < -0.4 is 4.74 Å². The molecule has 0 radical (unpaired) electrons. The van der Waals surface area contributed by atoms with E-state index in [-0.39, 0.29) is 23.1 Å². The van der Waals surface area contributed by atoms with Gasteiger partial charge in [0.25, 0.3) is 11.8 Å². The SMILES string of the molecule is O=C(COc1ccccc1)N1CCCN(C(=O)c2c(F)cccc2Cl)CC1. The fraction of sp³-hybridized carbons (Fsp3) is 0.300. The standard InChI is InChI=1S/C20H20ClFN2O3/c21-16-8-4-9-17(22)19(16)20(26)24-11-5-10-23(12-13-24)18(25)14-27-15-6-2-1-3-7-15/h1-4,6-9H,5,10-14H2. The molecule has 1 fully saturated rings. The minimum Gasteiger partial charge on any atom is -0.484 e. The number of halogens is 2. The summed E-state index contributed by atoms with van der Waals surface area (Å²) in [7, 11) is 0. The zero-order valence-corrected chi connectivity index (χ0v) is 15.5. The zero-order chi connectivity index (χ0) is 19.2. The third-order valence-electron chi connectivity index (χ3n) is 4.42. The van der Waals surface area contributed by atoms with E-state index in [9.17, 15) is 14.0 Å². The number of amides is 2. The molecule has 0 bridgehead atoms. The van der Waals surface area contributed by atoms with E-state index in [0.717, 1.165) is 0 Å². The number of nitrogens with zero attached hydrogens (tertiary/aromatic N) is 2. The van der Waals surface area contributed by atoms with Gasteiger partial charge in [-0.05, 0) is 30.7 Å². The first kappa shape index (κ1) is 19.2. The third-order valence-corrected chi connectivity index (χ3v) is 4.73. The number of hydrogen-bond donors (Lipinski definition) is 0. The van der Waals surface area contributed by atoms with Crippen LogP contribution in [0.15, 0.2) is 48.5 Å². The Morgan fingerprint density at radius 1 is 0.963 bits per heavy atom. The van der Waals surface area contributed by atoms with E-state index in [1.807, 2.05) is 18.2 Å². The molecule has 0 saturated carbocycles. The van der Waals surface area contributed by atoms with Crippen molar-refractivity contribution in [2.75, 3.05) is 32.8 Å². The Bertz CT molecular complexity index is 796. The van der Waals surface area contributed by atoms with Crippen molar-refractivity contribution in [1.82, 2.24) is 9.80 Å². The average molecular weight is 391 g/mol. The van der Waals surface area contributed by atoms with Crippen LogP contribution in [0.5, 0.6) is 5.75 Å². The molecule has 3 rings (SSSR count). The maximum Gasteiger partial charge on any atom is 0.260 e. The normalized spacial score (nSPS) is 14.6. The van der Waals surface area contributed by atoms with Gasteiger partial charge in [0.05, 0.1) is 10.6 Å². The monoisotopic (exact) mass is 390 g/mol. The first-order valence-corrected chi connectivity index (χ1v) is 9.13. The molecule has 0 atom stereocenters. The van der Waals surface area contributed by atoms with Crippen LogP contribution in [0.4, 0.5) is 4.39 Å². The van der Waals surface area contributed by atoms with Gasteiger partial charge in [0, 0.05) is 26.2 Å². The van der Waals surface area contributed by atoms with Gasteiger partial charge in [-0.3, -0.25) is 9.59 Å². The first-order chi connectivity index (χ1) is 13.1. The molecule has 0 N–H and O–H groups in total. The predicted molar refractivity (Wildman–Crippen MR) is 100 cm³/mol. The number of para-hydroxylation sites is 1. The number of hydrogen-bond acceptors (Lipinski definition) is 3. The molecule has 2 aromatic carbocycles. The quantitative estimate of drug-likeness (QED) is 0.805. The highest BCUT2D eigenvalue weighted by Gasteiger charge is 2.26. The van der Waals surface area contributed by atoms with Gasteiger partial charge >= 0.3 is 0 Å². The molecule has 1 aliphatic heterocycles.